The largest absolute Gasteiger partial charge is 0.345 e. The van der Waals surface area contributed by atoms with Gasteiger partial charge in [0.05, 0.1) is 16.7 Å². The Labute approximate surface area is 172 Å². The molecule has 0 bridgehead atoms. The normalized spacial score (nSPS) is 11.9. The Hall–Kier alpha value is -2.45. The number of thiophene rings is 1. The summed E-state index contributed by atoms with van der Waals surface area (Å²) in [4.78, 5) is 25.4. The zero-order valence-corrected chi connectivity index (χ0v) is 17.4. The molecule has 0 fully saturated rings. The van der Waals surface area contributed by atoms with E-state index in [1.807, 2.05) is 59.3 Å². The zero-order chi connectivity index (χ0) is 19.9. The number of thioether (sulfide) groups is 1. The SMILES string of the molecule is CCn1c(SCC(=O)N[C@@H](Cc2ccccc2)C(C)=O)nnc1-c1cccs1. The average molecular weight is 415 g/mol. The first-order valence-electron chi connectivity index (χ1n) is 9.02. The number of hydrogen-bond acceptors (Lipinski definition) is 6. The predicted octanol–water partition coefficient (Wildman–Crippen LogP) is 3.44. The van der Waals surface area contributed by atoms with Gasteiger partial charge in [0.15, 0.2) is 16.8 Å². The number of carbonyl (C=O) groups excluding carboxylic acids is 2. The summed E-state index contributed by atoms with van der Waals surface area (Å²) in [6.07, 6.45) is 0.486. The van der Waals surface area contributed by atoms with E-state index in [1.54, 1.807) is 11.3 Å². The molecule has 1 amide bonds. The van der Waals surface area contributed by atoms with E-state index in [2.05, 4.69) is 15.5 Å². The Morgan fingerprint density at radius 2 is 1.96 bits per heavy atom. The minimum Gasteiger partial charge on any atom is -0.345 e. The molecular formula is C20H22N4O2S2. The number of carbonyl (C=O) groups is 2. The van der Waals surface area contributed by atoms with Gasteiger partial charge in [0.2, 0.25) is 5.91 Å². The minimum absolute atomic E-state index is 0.0566. The van der Waals surface area contributed by atoms with Gasteiger partial charge in [0.25, 0.3) is 0 Å². The number of rotatable bonds is 9. The maximum Gasteiger partial charge on any atom is 0.231 e. The van der Waals surface area contributed by atoms with Crippen molar-refractivity contribution in [2.45, 2.75) is 38.0 Å². The first-order chi connectivity index (χ1) is 13.6. The highest BCUT2D eigenvalue weighted by molar-refractivity contribution is 7.99. The van der Waals surface area contributed by atoms with Crippen LogP contribution in [0.3, 0.4) is 0 Å². The van der Waals surface area contributed by atoms with E-state index in [9.17, 15) is 9.59 Å². The second-order valence-electron chi connectivity index (χ2n) is 6.24. The number of nitrogens with one attached hydrogen (secondary N) is 1. The van der Waals surface area contributed by atoms with Gasteiger partial charge in [0, 0.05) is 6.54 Å². The molecular weight excluding hydrogens is 392 g/mol. The molecule has 6 nitrogen and oxygen atoms in total. The van der Waals surface area contributed by atoms with Crippen molar-refractivity contribution in [1.29, 1.82) is 0 Å². The number of amides is 1. The lowest BCUT2D eigenvalue weighted by atomic mass is 10.0. The number of Topliss-reactive ketones (excluding diaryl/α,β-unsaturated/α-hetero) is 1. The smallest absolute Gasteiger partial charge is 0.231 e. The molecule has 2 aromatic heterocycles. The van der Waals surface area contributed by atoms with Crippen LogP contribution in [0.15, 0.2) is 53.0 Å². The summed E-state index contributed by atoms with van der Waals surface area (Å²) in [6, 6.07) is 13.1. The molecule has 28 heavy (non-hydrogen) atoms. The van der Waals surface area contributed by atoms with Crippen molar-refractivity contribution in [2.75, 3.05) is 5.75 Å². The van der Waals surface area contributed by atoms with Crippen molar-refractivity contribution in [3.05, 3.63) is 53.4 Å². The molecule has 0 spiro atoms. The summed E-state index contributed by atoms with van der Waals surface area (Å²) in [7, 11) is 0. The molecule has 0 radical (unpaired) electrons. The van der Waals surface area contributed by atoms with Crippen LogP contribution in [0.1, 0.15) is 19.4 Å². The highest BCUT2D eigenvalue weighted by Gasteiger charge is 2.19. The van der Waals surface area contributed by atoms with Crippen LogP contribution in [-0.4, -0.2) is 38.2 Å². The van der Waals surface area contributed by atoms with E-state index in [1.165, 1.54) is 18.7 Å². The molecule has 1 N–H and O–H groups in total. The molecule has 0 aliphatic carbocycles. The lowest BCUT2D eigenvalue weighted by molar-refractivity contribution is -0.125. The summed E-state index contributed by atoms with van der Waals surface area (Å²) in [5.41, 5.74) is 1.02. The molecule has 1 aromatic carbocycles. The van der Waals surface area contributed by atoms with Gasteiger partial charge in [-0.2, -0.15) is 0 Å². The summed E-state index contributed by atoms with van der Waals surface area (Å²) in [5.74, 6) is 0.746. The molecule has 0 saturated heterocycles. The third-order valence-electron chi connectivity index (χ3n) is 4.22. The van der Waals surface area contributed by atoms with E-state index >= 15 is 0 Å². The highest BCUT2D eigenvalue weighted by Crippen LogP contribution is 2.27. The van der Waals surface area contributed by atoms with Crippen LogP contribution < -0.4 is 5.32 Å². The molecule has 0 aliphatic rings. The number of ketones is 1. The third-order valence-corrected chi connectivity index (χ3v) is 6.05. The van der Waals surface area contributed by atoms with Gasteiger partial charge in [-0.1, -0.05) is 48.2 Å². The molecule has 0 saturated carbocycles. The topological polar surface area (TPSA) is 76.9 Å². The predicted molar refractivity (Wildman–Crippen MR) is 112 cm³/mol. The van der Waals surface area contributed by atoms with Crippen molar-refractivity contribution < 1.29 is 9.59 Å². The van der Waals surface area contributed by atoms with Crippen LogP contribution >= 0.6 is 23.1 Å². The van der Waals surface area contributed by atoms with Gasteiger partial charge in [-0.15, -0.1) is 21.5 Å². The summed E-state index contributed by atoms with van der Waals surface area (Å²) in [5, 5.41) is 14.0. The Balaban J connectivity index is 1.61. The van der Waals surface area contributed by atoms with Crippen LogP contribution in [-0.2, 0) is 22.6 Å². The average Bonchev–Trinajstić information content (AvgIpc) is 3.35. The quantitative estimate of drug-likeness (QED) is 0.543. The fourth-order valence-electron chi connectivity index (χ4n) is 2.78. The second-order valence-corrected chi connectivity index (χ2v) is 8.13. The van der Waals surface area contributed by atoms with E-state index in [0.29, 0.717) is 18.1 Å². The third kappa shape index (κ3) is 5.08. The maximum absolute atomic E-state index is 12.4. The van der Waals surface area contributed by atoms with Crippen LogP contribution in [0, 0.1) is 0 Å². The van der Waals surface area contributed by atoms with Crippen LogP contribution in [0.2, 0.25) is 0 Å². The first kappa shape index (κ1) is 20.3. The van der Waals surface area contributed by atoms with Gasteiger partial charge in [-0.3, -0.25) is 9.59 Å². The molecule has 2 heterocycles. The van der Waals surface area contributed by atoms with Gasteiger partial charge in [-0.25, -0.2) is 0 Å². The highest BCUT2D eigenvalue weighted by atomic mass is 32.2. The van der Waals surface area contributed by atoms with E-state index in [-0.39, 0.29) is 17.4 Å². The molecule has 0 aliphatic heterocycles. The van der Waals surface area contributed by atoms with E-state index in [0.717, 1.165) is 16.3 Å². The fraction of sp³-hybridized carbons (Fsp3) is 0.300. The lowest BCUT2D eigenvalue weighted by Crippen LogP contribution is -2.42. The second kappa shape index (κ2) is 9.66. The molecule has 8 heteroatoms. The molecule has 0 unspecified atom stereocenters. The molecule has 146 valence electrons. The van der Waals surface area contributed by atoms with Crippen molar-refractivity contribution in [3.63, 3.8) is 0 Å². The Morgan fingerprint density at radius 1 is 1.18 bits per heavy atom. The standard InChI is InChI=1S/C20H22N4O2S2/c1-3-24-19(17-10-7-11-27-17)22-23-20(24)28-13-18(26)21-16(14(2)25)12-15-8-5-4-6-9-15/h4-11,16H,3,12-13H2,1-2H3,(H,21,26)/t16-/m0/s1. The number of nitrogens with zero attached hydrogens (tertiary/aromatic N) is 3. The number of aromatic nitrogens is 3. The summed E-state index contributed by atoms with van der Waals surface area (Å²) < 4.78 is 2.00. The molecule has 3 rings (SSSR count). The number of benzene rings is 1. The van der Waals surface area contributed by atoms with Crippen molar-refractivity contribution in [1.82, 2.24) is 20.1 Å². The lowest BCUT2D eigenvalue weighted by Gasteiger charge is -2.16. The van der Waals surface area contributed by atoms with E-state index < -0.39 is 6.04 Å². The van der Waals surface area contributed by atoms with Crippen LogP contribution in [0.25, 0.3) is 10.7 Å². The van der Waals surface area contributed by atoms with Crippen molar-refractivity contribution >= 4 is 34.8 Å². The van der Waals surface area contributed by atoms with Crippen molar-refractivity contribution in [2.24, 2.45) is 0 Å². The Bertz CT molecular complexity index is 923. The van der Waals surface area contributed by atoms with Crippen LogP contribution in [0.4, 0.5) is 0 Å². The van der Waals surface area contributed by atoms with Gasteiger partial charge < -0.3 is 9.88 Å². The number of hydrogen-bond donors (Lipinski definition) is 1. The van der Waals surface area contributed by atoms with Gasteiger partial charge in [-0.05, 0) is 37.3 Å². The van der Waals surface area contributed by atoms with Crippen molar-refractivity contribution in [3.8, 4) is 10.7 Å². The van der Waals surface area contributed by atoms with Gasteiger partial charge in [0.1, 0.15) is 0 Å². The Morgan fingerprint density at radius 3 is 2.61 bits per heavy atom. The molecule has 1 atom stereocenters. The van der Waals surface area contributed by atoms with E-state index in [4.69, 9.17) is 0 Å². The summed E-state index contributed by atoms with van der Waals surface area (Å²) >= 11 is 2.93. The zero-order valence-electron chi connectivity index (χ0n) is 15.8. The maximum atomic E-state index is 12.4. The van der Waals surface area contributed by atoms with Gasteiger partial charge >= 0.3 is 0 Å². The fourth-order valence-corrected chi connectivity index (χ4v) is 4.31. The Kier molecular flexibility index (Phi) is 7.00. The first-order valence-corrected chi connectivity index (χ1v) is 10.9. The minimum atomic E-state index is -0.527. The molecule has 3 aromatic rings. The summed E-state index contributed by atoms with van der Waals surface area (Å²) in [6.45, 7) is 4.24. The monoisotopic (exact) mass is 414 g/mol. The van der Waals surface area contributed by atoms with Crippen LogP contribution in [0.5, 0.6) is 0 Å².